The Morgan fingerprint density at radius 3 is 2.56 bits per heavy atom. The minimum atomic E-state index is 0.752. The molecule has 16 heavy (non-hydrogen) atoms. The number of nitrogens with zero attached hydrogens (tertiary/aromatic N) is 2. The average Bonchev–Trinajstić information content (AvgIpc) is 2.57. The maximum absolute atomic E-state index is 5.82. The standard InChI is InChI=1S/C12H14ClN3/c1-9-7-12(16(2)15-9)8-14-11-5-3-10(13)4-6-11/h3-7,14H,8H2,1-2H3. The SMILES string of the molecule is Cc1cc(CNc2ccc(Cl)cc2)n(C)n1. The molecule has 0 saturated heterocycles. The van der Waals surface area contributed by atoms with E-state index in [1.807, 2.05) is 42.9 Å². The first-order chi connectivity index (χ1) is 7.65. The zero-order valence-electron chi connectivity index (χ0n) is 9.37. The number of hydrogen-bond donors (Lipinski definition) is 1. The summed E-state index contributed by atoms with van der Waals surface area (Å²) in [4.78, 5) is 0. The Kier molecular flexibility index (Phi) is 3.15. The molecular weight excluding hydrogens is 222 g/mol. The minimum absolute atomic E-state index is 0.752. The zero-order valence-corrected chi connectivity index (χ0v) is 10.1. The van der Waals surface area contributed by atoms with Crippen LogP contribution in [0.4, 0.5) is 5.69 Å². The molecule has 0 atom stereocenters. The number of anilines is 1. The summed E-state index contributed by atoms with van der Waals surface area (Å²) in [6.45, 7) is 2.75. The molecule has 0 fully saturated rings. The van der Waals surface area contributed by atoms with E-state index in [1.165, 1.54) is 0 Å². The highest BCUT2D eigenvalue weighted by Crippen LogP contribution is 2.14. The zero-order chi connectivity index (χ0) is 11.5. The number of halogens is 1. The van der Waals surface area contributed by atoms with Gasteiger partial charge in [-0.3, -0.25) is 4.68 Å². The van der Waals surface area contributed by atoms with Crippen LogP contribution in [0.15, 0.2) is 30.3 Å². The number of benzene rings is 1. The van der Waals surface area contributed by atoms with Crippen molar-refractivity contribution in [3.05, 3.63) is 46.7 Å². The van der Waals surface area contributed by atoms with Gasteiger partial charge in [0.15, 0.2) is 0 Å². The molecule has 1 heterocycles. The monoisotopic (exact) mass is 235 g/mol. The molecule has 0 amide bonds. The lowest BCUT2D eigenvalue weighted by Gasteiger charge is -2.06. The van der Waals surface area contributed by atoms with Crippen LogP contribution in [0.25, 0.3) is 0 Å². The smallest absolute Gasteiger partial charge is 0.0597 e. The normalized spacial score (nSPS) is 10.4. The van der Waals surface area contributed by atoms with Crippen LogP contribution < -0.4 is 5.32 Å². The number of aryl methyl sites for hydroxylation is 2. The van der Waals surface area contributed by atoms with Crippen LogP contribution in [0.2, 0.25) is 5.02 Å². The van der Waals surface area contributed by atoms with Crippen molar-refractivity contribution >= 4 is 17.3 Å². The molecule has 0 radical (unpaired) electrons. The van der Waals surface area contributed by atoms with Crippen LogP contribution in [0.1, 0.15) is 11.4 Å². The molecule has 1 aromatic heterocycles. The Balaban J connectivity index is 2.02. The van der Waals surface area contributed by atoms with Gasteiger partial charge < -0.3 is 5.32 Å². The predicted molar refractivity (Wildman–Crippen MR) is 66.7 cm³/mol. The van der Waals surface area contributed by atoms with Crippen LogP contribution in [0.5, 0.6) is 0 Å². The molecule has 0 unspecified atom stereocenters. The Hall–Kier alpha value is -1.48. The van der Waals surface area contributed by atoms with Gasteiger partial charge in [-0.05, 0) is 37.3 Å². The van der Waals surface area contributed by atoms with E-state index in [9.17, 15) is 0 Å². The second kappa shape index (κ2) is 4.58. The summed E-state index contributed by atoms with van der Waals surface area (Å²) >= 11 is 5.82. The van der Waals surface area contributed by atoms with Crippen molar-refractivity contribution in [2.75, 3.05) is 5.32 Å². The van der Waals surface area contributed by atoms with E-state index in [-0.39, 0.29) is 0 Å². The van der Waals surface area contributed by atoms with E-state index in [4.69, 9.17) is 11.6 Å². The molecule has 0 saturated carbocycles. The Labute approximate surface area is 100 Å². The summed E-state index contributed by atoms with van der Waals surface area (Å²) in [5.41, 5.74) is 3.26. The van der Waals surface area contributed by atoms with Gasteiger partial charge in [0, 0.05) is 17.8 Å². The molecule has 0 aliphatic heterocycles. The number of aromatic nitrogens is 2. The summed E-state index contributed by atoms with van der Waals surface area (Å²) in [6, 6.07) is 9.75. The van der Waals surface area contributed by atoms with Gasteiger partial charge in [-0.1, -0.05) is 11.6 Å². The molecule has 0 aliphatic rings. The quantitative estimate of drug-likeness (QED) is 0.887. The van der Waals surface area contributed by atoms with E-state index in [0.29, 0.717) is 0 Å². The fourth-order valence-corrected chi connectivity index (χ4v) is 1.72. The van der Waals surface area contributed by atoms with Gasteiger partial charge in [0.05, 0.1) is 17.9 Å². The second-order valence-electron chi connectivity index (χ2n) is 3.76. The first-order valence-corrected chi connectivity index (χ1v) is 5.52. The predicted octanol–water partition coefficient (Wildman–Crippen LogP) is 2.99. The van der Waals surface area contributed by atoms with Crippen LogP contribution in [-0.4, -0.2) is 9.78 Å². The lowest BCUT2D eigenvalue weighted by Crippen LogP contribution is -2.05. The summed E-state index contributed by atoms with van der Waals surface area (Å²) in [6.07, 6.45) is 0. The largest absolute Gasteiger partial charge is 0.379 e. The molecule has 0 aliphatic carbocycles. The molecule has 0 spiro atoms. The van der Waals surface area contributed by atoms with Crippen LogP contribution in [0, 0.1) is 6.92 Å². The summed E-state index contributed by atoms with van der Waals surface area (Å²) in [5.74, 6) is 0. The van der Waals surface area contributed by atoms with Crippen molar-refractivity contribution in [1.82, 2.24) is 9.78 Å². The van der Waals surface area contributed by atoms with Gasteiger partial charge in [-0.15, -0.1) is 0 Å². The van der Waals surface area contributed by atoms with Crippen molar-refractivity contribution in [3.8, 4) is 0 Å². The lowest BCUT2D eigenvalue weighted by molar-refractivity contribution is 0.713. The fraction of sp³-hybridized carbons (Fsp3) is 0.250. The summed E-state index contributed by atoms with van der Waals surface area (Å²) < 4.78 is 1.89. The topological polar surface area (TPSA) is 29.9 Å². The van der Waals surface area contributed by atoms with Crippen molar-refractivity contribution in [3.63, 3.8) is 0 Å². The highest BCUT2D eigenvalue weighted by atomic mass is 35.5. The van der Waals surface area contributed by atoms with E-state index < -0.39 is 0 Å². The van der Waals surface area contributed by atoms with E-state index >= 15 is 0 Å². The van der Waals surface area contributed by atoms with Gasteiger partial charge in [0.1, 0.15) is 0 Å². The van der Waals surface area contributed by atoms with E-state index in [2.05, 4.69) is 16.5 Å². The first kappa shape index (κ1) is 11.0. The third-order valence-corrected chi connectivity index (χ3v) is 2.67. The van der Waals surface area contributed by atoms with E-state index in [0.717, 1.165) is 28.6 Å². The third kappa shape index (κ3) is 2.55. The summed E-state index contributed by atoms with van der Waals surface area (Å²) in [5, 5.41) is 8.37. The molecule has 1 N–H and O–H groups in total. The van der Waals surface area contributed by atoms with Gasteiger partial charge in [-0.25, -0.2) is 0 Å². The highest BCUT2D eigenvalue weighted by Gasteiger charge is 2.01. The van der Waals surface area contributed by atoms with E-state index in [1.54, 1.807) is 0 Å². The van der Waals surface area contributed by atoms with Gasteiger partial charge in [0.2, 0.25) is 0 Å². The van der Waals surface area contributed by atoms with Crippen LogP contribution >= 0.6 is 11.6 Å². The maximum Gasteiger partial charge on any atom is 0.0597 e. The number of rotatable bonds is 3. The molecule has 0 bridgehead atoms. The van der Waals surface area contributed by atoms with Crippen LogP contribution in [0.3, 0.4) is 0 Å². The minimum Gasteiger partial charge on any atom is -0.379 e. The Morgan fingerprint density at radius 2 is 2.00 bits per heavy atom. The molecule has 4 heteroatoms. The Bertz CT molecular complexity index is 474. The van der Waals surface area contributed by atoms with Gasteiger partial charge in [-0.2, -0.15) is 5.10 Å². The van der Waals surface area contributed by atoms with Gasteiger partial charge in [0.25, 0.3) is 0 Å². The fourth-order valence-electron chi connectivity index (χ4n) is 1.59. The van der Waals surface area contributed by atoms with Crippen molar-refractivity contribution in [2.24, 2.45) is 7.05 Å². The Morgan fingerprint density at radius 1 is 1.31 bits per heavy atom. The molecule has 2 rings (SSSR count). The highest BCUT2D eigenvalue weighted by molar-refractivity contribution is 6.30. The number of hydrogen-bond acceptors (Lipinski definition) is 2. The lowest BCUT2D eigenvalue weighted by atomic mass is 10.3. The van der Waals surface area contributed by atoms with Crippen molar-refractivity contribution < 1.29 is 0 Å². The van der Waals surface area contributed by atoms with Crippen molar-refractivity contribution in [1.29, 1.82) is 0 Å². The summed E-state index contributed by atoms with van der Waals surface area (Å²) in [7, 11) is 1.95. The number of nitrogens with one attached hydrogen (secondary N) is 1. The third-order valence-electron chi connectivity index (χ3n) is 2.42. The maximum atomic E-state index is 5.82. The molecule has 2 aromatic rings. The molecular formula is C12H14ClN3. The second-order valence-corrected chi connectivity index (χ2v) is 4.20. The molecule has 1 aromatic carbocycles. The average molecular weight is 236 g/mol. The van der Waals surface area contributed by atoms with Crippen LogP contribution in [-0.2, 0) is 13.6 Å². The molecule has 3 nitrogen and oxygen atoms in total. The molecule has 84 valence electrons. The van der Waals surface area contributed by atoms with Crippen molar-refractivity contribution in [2.45, 2.75) is 13.5 Å². The first-order valence-electron chi connectivity index (χ1n) is 5.14. The van der Waals surface area contributed by atoms with Gasteiger partial charge >= 0.3 is 0 Å².